The summed E-state index contributed by atoms with van der Waals surface area (Å²) in [6.45, 7) is 5.08. The van der Waals surface area contributed by atoms with Crippen molar-refractivity contribution in [1.29, 1.82) is 0 Å². The van der Waals surface area contributed by atoms with E-state index in [1.807, 2.05) is 6.92 Å². The van der Waals surface area contributed by atoms with Crippen LogP contribution < -0.4 is 5.73 Å². The highest BCUT2D eigenvalue weighted by atomic mass is 32.2. The van der Waals surface area contributed by atoms with Crippen LogP contribution in [0.15, 0.2) is 23.1 Å². The molecule has 7 heteroatoms. The summed E-state index contributed by atoms with van der Waals surface area (Å²) >= 11 is 4.92. The van der Waals surface area contributed by atoms with Crippen LogP contribution in [0, 0.1) is 6.92 Å². The Bertz CT molecular complexity index is 644. The molecule has 1 aliphatic rings. The van der Waals surface area contributed by atoms with Crippen LogP contribution >= 0.6 is 12.2 Å². The molecule has 0 amide bonds. The lowest BCUT2D eigenvalue weighted by Gasteiger charge is -2.22. The molecular formula is C14H20N2O3S2. The van der Waals surface area contributed by atoms with Gasteiger partial charge in [0.05, 0.1) is 11.0 Å². The first-order valence-electron chi connectivity index (χ1n) is 6.84. The largest absolute Gasteiger partial charge is 0.389 e. The molecule has 116 valence electrons. The summed E-state index contributed by atoms with van der Waals surface area (Å²) in [7, 11) is -3.52. The summed E-state index contributed by atoms with van der Waals surface area (Å²) in [6, 6.07) is 4.95. The second kappa shape index (κ2) is 6.39. The summed E-state index contributed by atoms with van der Waals surface area (Å²) in [5.41, 5.74) is 6.90. The third kappa shape index (κ3) is 3.60. The van der Waals surface area contributed by atoms with Crippen LogP contribution in [0.3, 0.4) is 0 Å². The Hall–Kier alpha value is -1.02. The van der Waals surface area contributed by atoms with Gasteiger partial charge in [-0.25, -0.2) is 8.42 Å². The van der Waals surface area contributed by atoms with Crippen molar-refractivity contribution < 1.29 is 13.2 Å². The van der Waals surface area contributed by atoms with Gasteiger partial charge in [-0.15, -0.1) is 0 Å². The molecule has 1 unspecified atom stereocenters. The first-order valence-corrected chi connectivity index (χ1v) is 8.69. The lowest BCUT2D eigenvalue weighted by atomic mass is 10.1. The van der Waals surface area contributed by atoms with Gasteiger partial charge in [0.2, 0.25) is 10.0 Å². The van der Waals surface area contributed by atoms with Crippen LogP contribution in [-0.2, 0) is 14.8 Å². The van der Waals surface area contributed by atoms with Gasteiger partial charge in [-0.1, -0.05) is 18.3 Å². The van der Waals surface area contributed by atoms with Crippen molar-refractivity contribution in [3.05, 3.63) is 29.3 Å². The third-order valence-corrected chi connectivity index (χ3v) is 5.75. The predicted octanol–water partition coefficient (Wildman–Crippen LogP) is 1.43. The van der Waals surface area contributed by atoms with E-state index >= 15 is 0 Å². The number of ether oxygens (including phenoxy) is 1. The minimum absolute atomic E-state index is 0.0986. The molecule has 5 nitrogen and oxygen atoms in total. The van der Waals surface area contributed by atoms with Gasteiger partial charge in [0, 0.05) is 25.3 Å². The van der Waals surface area contributed by atoms with Crippen molar-refractivity contribution >= 4 is 27.2 Å². The van der Waals surface area contributed by atoms with E-state index in [-0.39, 0.29) is 11.1 Å². The Morgan fingerprint density at radius 3 is 2.81 bits per heavy atom. The van der Waals surface area contributed by atoms with Crippen LogP contribution in [0.4, 0.5) is 0 Å². The van der Waals surface area contributed by atoms with E-state index in [0.717, 1.165) is 0 Å². The average molecular weight is 328 g/mol. The van der Waals surface area contributed by atoms with Crippen LogP contribution in [-0.4, -0.2) is 43.5 Å². The molecule has 1 aliphatic heterocycles. The maximum absolute atomic E-state index is 12.8. The molecule has 1 fully saturated rings. The van der Waals surface area contributed by atoms with Crippen molar-refractivity contribution in [1.82, 2.24) is 4.31 Å². The predicted molar refractivity (Wildman–Crippen MR) is 85.9 cm³/mol. The summed E-state index contributed by atoms with van der Waals surface area (Å²) in [5, 5.41) is 0. The van der Waals surface area contributed by atoms with Gasteiger partial charge >= 0.3 is 0 Å². The number of hydrogen-bond donors (Lipinski definition) is 1. The Kier molecular flexibility index (Phi) is 4.98. The molecule has 21 heavy (non-hydrogen) atoms. The maximum Gasteiger partial charge on any atom is 0.243 e. The summed E-state index contributed by atoms with van der Waals surface area (Å²) in [4.78, 5) is 0.565. The molecule has 0 saturated carbocycles. The van der Waals surface area contributed by atoms with Crippen LogP contribution in [0.2, 0.25) is 0 Å². The summed E-state index contributed by atoms with van der Waals surface area (Å²) in [5.74, 6) is 0. The fourth-order valence-electron chi connectivity index (χ4n) is 2.41. The number of thiocarbonyl (C=S) groups is 1. The number of benzene rings is 1. The number of nitrogens with zero attached hydrogens (tertiary/aromatic N) is 1. The molecule has 2 N–H and O–H groups in total. The van der Waals surface area contributed by atoms with Crippen molar-refractivity contribution in [3.63, 3.8) is 0 Å². The fourth-order valence-corrected chi connectivity index (χ4v) is 4.29. The van der Waals surface area contributed by atoms with E-state index in [9.17, 15) is 8.42 Å². The van der Waals surface area contributed by atoms with Gasteiger partial charge in [-0.05, 0) is 38.0 Å². The number of hydrogen-bond acceptors (Lipinski definition) is 4. The highest BCUT2D eigenvalue weighted by Crippen LogP contribution is 2.23. The van der Waals surface area contributed by atoms with E-state index in [4.69, 9.17) is 22.7 Å². The van der Waals surface area contributed by atoms with Gasteiger partial charge in [0.15, 0.2) is 0 Å². The van der Waals surface area contributed by atoms with E-state index < -0.39 is 10.0 Å². The second-order valence-electron chi connectivity index (χ2n) is 5.24. The molecule has 2 rings (SSSR count). The molecule has 1 saturated heterocycles. The van der Waals surface area contributed by atoms with E-state index in [0.29, 0.717) is 42.1 Å². The molecular weight excluding hydrogens is 308 g/mol. The monoisotopic (exact) mass is 328 g/mol. The number of aryl methyl sites for hydroxylation is 1. The standard InChI is InChI=1S/C14H20N2O3S2/c1-10-8-12(14(15)20)4-5-13(10)21(17,18)16-6-3-7-19-11(2)9-16/h4-5,8,11H,3,6-7,9H2,1-2H3,(H2,15,20). The Labute approximate surface area is 131 Å². The number of nitrogens with two attached hydrogens (primary N) is 1. The van der Waals surface area contributed by atoms with Gasteiger partial charge in [0.1, 0.15) is 4.99 Å². The van der Waals surface area contributed by atoms with Gasteiger partial charge in [-0.2, -0.15) is 4.31 Å². The van der Waals surface area contributed by atoms with Crippen molar-refractivity contribution in [2.75, 3.05) is 19.7 Å². The number of sulfonamides is 1. The second-order valence-corrected chi connectivity index (χ2v) is 7.59. The quantitative estimate of drug-likeness (QED) is 0.850. The lowest BCUT2D eigenvalue weighted by Crippen LogP contribution is -2.36. The highest BCUT2D eigenvalue weighted by molar-refractivity contribution is 7.89. The SMILES string of the molecule is Cc1cc(C(N)=S)ccc1S(=O)(=O)N1CCCOC(C)C1. The maximum atomic E-state index is 12.8. The molecule has 1 atom stereocenters. The fraction of sp³-hybridized carbons (Fsp3) is 0.500. The van der Waals surface area contributed by atoms with Crippen molar-refractivity contribution in [3.8, 4) is 0 Å². The zero-order valence-electron chi connectivity index (χ0n) is 12.2. The van der Waals surface area contributed by atoms with Crippen LogP contribution in [0.25, 0.3) is 0 Å². The highest BCUT2D eigenvalue weighted by Gasteiger charge is 2.29. The average Bonchev–Trinajstić information content (AvgIpc) is 2.63. The third-order valence-electron chi connectivity index (χ3n) is 3.49. The molecule has 0 radical (unpaired) electrons. The van der Waals surface area contributed by atoms with Gasteiger partial charge in [0.25, 0.3) is 0 Å². The molecule has 0 aliphatic carbocycles. The zero-order valence-corrected chi connectivity index (χ0v) is 13.8. The Balaban J connectivity index is 2.37. The molecule has 0 aromatic heterocycles. The van der Waals surface area contributed by atoms with E-state index in [1.54, 1.807) is 25.1 Å². The smallest absolute Gasteiger partial charge is 0.243 e. The molecule has 1 heterocycles. The Morgan fingerprint density at radius 1 is 1.48 bits per heavy atom. The lowest BCUT2D eigenvalue weighted by molar-refractivity contribution is 0.0752. The normalized spacial score (nSPS) is 21.0. The van der Waals surface area contributed by atoms with E-state index in [2.05, 4.69) is 0 Å². The molecule has 0 bridgehead atoms. The minimum atomic E-state index is -3.52. The van der Waals surface area contributed by atoms with E-state index in [1.165, 1.54) is 4.31 Å². The molecule has 1 aromatic rings. The van der Waals surface area contributed by atoms with Gasteiger partial charge in [-0.3, -0.25) is 0 Å². The molecule has 1 aromatic carbocycles. The summed E-state index contributed by atoms with van der Waals surface area (Å²) in [6.07, 6.45) is 0.603. The number of rotatable bonds is 3. The minimum Gasteiger partial charge on any atom is -0.389 e. The zero-order chi connectivity index (χ0) is 15.6. The van der Waals surface area contributed by atoms with Crippen molar-refractivity contribution in [2.45, 2.75) is 31.3 Å². The first kappa shape index (κ1) is 16.4. The summed E-state index contributed by atoms with van der Waals surface area (Å²) < 4.78 is 32.6. The Morgan fingerprint density at radius 2 is 2.19 bits per heavy atom. The first-order chi connectivity index (χ1) is 9.82. The molecule has 0 spiro atoms. The van der Waals surface area contributed by atoms with Crippen molar-refractivity contribution in [2.24, 2.45) is 5.73 Å². The topological polar surface area (TPSA) is 72.6 Å². The van der Waals surface area contributed by atoms with Crippen LogP contribution in [0.1, 0.15) is 24.5 Å². The van der Waals surface area contributed by atoms with Crippen LogP contribution in [0.5, 0.6) is 0 Å². The van der Waals surface area contributed by atoms with Gasteiger partial charge < -0.3 is 10.5 Å².